The van der Waals surface area contributed by atoms with Crippen molar-refractivity contribution in [1.29, 1.82) is 0 Å². The highest BCUT2D eigenvalue weighted by atomic mass is 16.5. The number of ether oxygens (including phenoxy) is 2. The first kappa shape index (κ1) is 22.0. The molecule has 0 radical (unpaired) electrons. The molecule has 0 unspecified atom stereocenters. The summed E-state index contributed by atoms with van der Waals surface area (Å²) in [6.07, 6.45) is 0.898. The van der Waals surface area contributed by atoms with Crippen molar-refractivity contribution < 1.29 is 14.3 Å². The van der Waals surface area contributed by atoms with Crippen LogP contribution in [0.25, 0.3) is 16.9 Å². The zero-order chi connectivity index (χ0) is 22.3. The van der Waals surface area contributed by atoms with E-state index < -0.39 is 0 Å². The van der Waals surface area contributed by atoms with Crippen molar-refractivity contribution in [3.63, 3.8) is 0 Å². The Hall–Kier alpha value is -3.16. The Morgan fingerprint density at radius 3 is 2.62 bits per heavy atom. The minimum Gasteiger partial charge on any atom is -0.497 e. The van der Waals surface area contributed by atoms with Crippen LogP contribution in [0.3, 0.4) is 0 Å². The Balaban J connectivity index is 1.51. The first-order valence-corrected chi connectivity index (χ1v) is 11.0. The van der Waals surface area contributed by atoms with Gasteiger partial charge in [0, 0.05) is 25.2 Å². The number of amides is 1. The van der Waals surface area contributed by atoms with E-state index in [0.717, 1.165) is 67.5 Å². The fourth-order valence-corrected chi connectivity index (χ4v) is 3.82. The third-order valence-corrected chi connectivity index (χ3v) is 5.61. The number of carbonyl (C=O) groups excluding carboxylic acids is 1. The van der Waals surface area contributed by atoms with E-state index in [2.05, 4.69) is 10.2 Å². The lowest BCUT2D eigenvalue weighted by molar-refractivity contribution is 0.0374. The van der Waals surface area contributed by atoms with E-state index in [0.29, 0.717) is 12.2 Å². The maximum absolute atomic E-state index is 13.1. The summed E-state index contributed by atoms with van der Waals surface area (Å²) in [7, 11) is 1.64. The third-order valence-electron chi connectivity index (χ3n) is 5.61. The van der Waals surface area contributed by atoms with Crippen molar-refractivity contribution in [2.24, 2.45) is 0 Å². The number of nitrogens with zero attached hydrogens (tertiary/aromatic N) is 3. The maximum atomic E-state index is 13.1. The predicted molar refractivity (Wildman–Crippen MR) is 124 cm³/mol. The van der Waals surface area contributed by atoms with Gasteiger partial charge in [0.05, 0.1) is 31.7 Å². The predicted octanol–water partition coefficient (Wildman–Crippen LogP) is 3.31. The van der Waals surface area contributed by atoms with Gasteiger partial charge in [-0.05, 0) is 67.9 Å². The summed E-state index contributed by atoms with van der Waals surface area (Å²) in [5, 5.41) is 7.83. The molecule has 1 amide bonds. The van der Waals surface area contributed by atoms with Crippen molar-refractivity contribution >= 4 is 5.91 Å². The molecule has 168 valence electrons. The third kappa shape index (κ3) is 5.36. The maximum Gasteiger partial charge on any atom is 0.270 e. The highest BCUT2D eigenvalue weighted by molar-refractivity contribution is 5.94. The summed E-state index contributed by atoms with van der Waals surface area (Å²) in [5.41, 5.74) is 4.17. The van der Waals surface area contributed by atoms with Gasteiger partial charge in [0.25, 0.3) is 5.91 Å². The Kier molecular flexibility index (Phi) is 7.19. The van der Waals surface area contributed by atoms with Gasteiger partial charge in [-0.15, -0.1) is 0 Å². The molecule has 0 bridgehead atoms. The van der Waals surface area contributed by atoms with Crippen molar-refractivity contribution in [1.82, 2.24) is 20.0 Å². The van der Waals surface area contributed by atoms with Gasteiger partial charge in [-0.25, -0.2) is 4.68 Å². The average molecular weight is 435 g/mol. The highest BCUT2D eigenvalue weighted by Crippen LogP contribution is 2.24. The van der Waals surface area contributed by atoms with Crippen LogP contribution in [-0.4, -0.2) is 67.1 Å². The molecular formula is C25H30N4O3. The largest absolute Gasteiger partial charge is 0.497 e. The van der Waals surface area contributed by atoms with E-state index in [1.54, 1.807) is 11.8 Å². The standard InChI is InChI=1S/C25H30N4O3/c1-19-5-3-6-21(17-19)29-24(18-23(27-29)20-7-9-22(31-2)10-8-20)25(30)26-11-4-12-28-13-15-32-16-14-28/h3,5-10,17-18H,4,11-16H2,1-2H3,(H,26,30). The number of hydrogen-bond donors (Lipinski definition) is 1. The Morgan fingerprint density at radius 1 is 1.12 bits per heavy atom. The van der Waals surface area contributed by atoms with Gasteiger partial charge in [-0.3, -0.25) is 9.69 Å². The molecule has 0 aliphatic carbocycles. The molecule has 1 saturated heterocycles. The monoisotopic (exact) mass is 434 g/mol. The fourth-order valence-electron chi connectivity index (χ4n) is 3.82. The molecule has 0 atom stereocenters. The summed E-state index contributed by atoms with van der Waals surface area (Å²) in [6.45, 7) is 7.10. The summed E-state index contributed by atoms with van der Waals surface area (Å²) >= 11 is 0. The first-order chi connectivity index (χ1) is 15.6. The van der Waals surface area contributed by atoms with Crippen LogP contribution in [0.15, 0.2) is 54.6 Å². The second-order valence-electron chi connectivity index (χ2n) is 7.96. The second-order valence-corrected chi connectivity index (χ2v) is 7.96. The van der Waals surface area contributed by atoms with Gasteiger partial charge in [0.1, 0.15) is 11.4 Å². The Morgan fingerprint density at radius 2 is 1.91 bits per heavy atom. The van der Waals surface area contributed by atoms with Crippen LogP contribution in [0, 0.1) is 6.92 Å². The van der Waals surface area contributed by atoms with Gasteiger partial charge in [-0.2, -0.15) is 5.10 Å². The number of aromatic nitrogens is 2. The molecule has 7 nitrogen and oxygen atoms in total. The molecule has 2 aromatic carbocycles. The molecule has 1 aliphatic rings. The zero-order valence-electron chi connectivity index (χ0n) is 18.7. The molecule has 32 heavy (non-hydrogen) atoms. The Labute approximate surface area is 188 Å². The quantitative estimate of drug-likeness (QED) is 0.551. The van der Waals surface area contributed by atoms with E-state index in [1.807, 2.05) is 61.5 Å². The average Bonchev–Trinajstić information content (AvgIpc) is 3.28. The molecular weight excluding hydrogens is 404 g/mol. The number of methoxy groups -OCH3 is 1. The van der Waals surface area contributed by atoms with Crippen molar-refractivity contribution in [3.05, 3.63) is 65.9 Å². The SMILES string of the molecule is COc1ccc(-c2cc(C(=O)NCCCN3CCOCC3)n(-c3cccc(C)c3)n2)cc1. The smallest absolute Gasteiger partial charge is 0.270 e. The lowest BCUT2D eigenvalue weighted by Crippen LogP contribution is -2.38. The Bertz CT molecular complexity index is 1040. The molecule has 4 rings (SSSR count). The molecule has 0 saturated carbocycles. The zero-order valence-corrected chi connectivity index (χ0v) is 18.7. The van der Waals surface area contributed by atoms with Gasteiger partial charge in [-0.1, -0.05) is 12.1 Å². The van der Waals surface area contributed by atoms with Crippen LogP contribution >= 0.6 is 0 Å². The molecule has 0 spiro atoms. The number of carbonyl (C=O) groups is 1. The van der Waals surface area contributed by atoms with Crippen molar-refractivity contribution in [2.75, 3.05) is 46.5 Å². The van der Waals surface area contributed by atoms with E-state index in [1.165, 1.54) is 0 Å². The number of benzene rings is 2. The van der Waals surface area contributed by atoms with Gasteiger partial charge in [0.15, 0.2) is 0 Å². The summed E-state index contributed by atoms with van der Waals surface area (Å²) in [6, 6.07) is 17.5. The molecule has 1 aliphatic heterocycles. The van der Waals surface area contributed by atoms with Crippen LogP contribution in [0.5, 0.6) is 5.75 Å². The van der Waals surface area contributed by atoms with Gasteiger partial charge < -0.3 is 14.8 Å². The number of rotatable bonds is 8. The van der Waals surface area contributed by atoms with E-state index in [9.17, 15) is 4.79 Å². The van der Waals surface area contributed by atoms with Gasteiger partial charge >= 0.3 is 0 Å². The van der Waals surface area contributed by atoms with Crippen LogP contribution in [-0.2, 0) is 4.74 Å². The highest BCUT2D eigenvalue weighted by Gasteiger charge is 2.18. The second kappa shape index (κ2) is 10.4. The van der Waals surface area contributed by atoms with E-state index in [4.69, 9.17) is 14.6 Å². The number of morpholine rings is 1. The fraction of sp³-hybridized carbons (Fsp3) is 0.360. The normalized spacial score (nSPS) is 14.3. The molecule has 2 heterocycles. The van der Waals surface area contributed by atoms with Gasteiger partial charge in [0.2, 0.25) is 0 Å². The molecule has 1 N–H and O–H groups in total. The minimum atomic E-state index is -0.124. The number of hydrogen-bond acceptors (Lipinski definition) is 5. The summed E-state index contributed by atoms with van der Waals surface area (Å²) in [5.74, 6) is 0.658. The number of aryl methyl sites for hydroxylation is 1. The number of nitrogens with one attached hydrogen (secondary N) is 1. The molecule has 1 aromatic heterocycles. The minimum absolute atomic E-state index is 0.124. The van der Waals surface area contributed by atoms with Crippen LogP contribution < -0.4 is 10.1 Å². The van der Waals surface area contributed by atoms with Crippen molar-refractivity contribution in [2.45, 2.75) is 13.3 Å². The van der Waals surface area contributed by atoms with Crippen LogP contribution in [0.1, 0.15) is 22.5 Å². The summed E-state index contributed by atoms with van der Waals surface area (Å²) < 4.78 is 12.4. The van der Waals surface area contributed by atoms with Crippen LogP contribution in [0.4, 0.5) is 0 Å². The lowest BCUT2D eigenvalue weighted by Gasteiger charge is -2.26. The van der Waals surface area contributed by atoms with Crippen molar-refractivity contribution in [3.8, 4) is 22.7 Å². The molecule has 3 aromatic rings. The van der Waals surface area contributed by atoms with Crippen LogP contribution in [0.2, 0.25) is 0 Å². The molecule has 1 fully saturated rings. The first-order valence-electron chi connectivity index (χ1n) is 11.0. The summed E-state index contributed by atoms with van der Waals surface area (Å²) in [4.78, 5) is 15.5. The van der Waals surface area contributed by atoms with E-state index >= 15 is 0 Å². The lowest BCUT2D eigenvalue weighted by atomic mass is 10.1. The van der Waals surface area contributed by atoms with E-state index in [-0.39, 0.29) is 5.91 Å². The molecule has 7 heteroatoms. The topological polar surface area (TPSA) is 68.6 Å².